The minimum Gasteiger partial charge on any atom is -0.392 e. The van der Waals surface area contributed by atoms with Crippen LogP contribution in [0.3, 0.4) is 0 Å². The Kier molecular flexibility index (Phi) is 10.6. The molecule has 4 atom stereocenters. The number of rotatable bonds is 9. The second-order valence-corrected chi connectivity index (χ2v) is 15.7. The molecule has 1 amide bonds. The standard InChI is InChI=1S/C35H31Cl3N2O4S2/c1-21-29(20-45-34-40-28-7-2-3-8-30(28)46-34)43-32(44-31(21)25-11-9-22(19-41)10-12-25)26-15-13-24(14-16-26)27-6-4-5-23(17-27)18-39-33(42)35(36,37)38/h2-17,21,29,31-32,41H,18-20H2,1H3,(H,39,42)/t21-,29+,31+,32+/m0/s1. The van der Waals surface area contributed by atoms with Crippen LogP contribution in [0.5, 0.6) is 0 Å². The number of fused-ring (bicyclic) bond motifs is 1. The molecule has 1 aliphatic rings. The number of halogens is 3. The van der Waals surface area contributed by atoms with Gasteiger partial charge in [-0.15, -0.1) is 11.3 Å². The maximum absolute atomic E-state index is 12.0. The average Bonchev–Trinajstić information content (AvgIpc) is 3.50. The van der Waals surface area contributed by atoms with Crippen LogP contribution in [-0.4, -0.2) is 31.6 Å². The molecule has 2 heterocycles. The lowest BCUT2D eigenvalue weighted by molar-refractivity contribution is -0.268. The molecule has 11 heteroatoms. The van der Waals surface area contributed by atoms with E-state index in [0.29, 0.717) is 0 Å². The number of alkyl halides is 3. The molecule has 6 nitrogen and oxygen atoms in total. The predicted octanol–water partition coefficient (Wildman–Crippen LogP) is 9.03. The first-order valence-corrected chi connectivity index (χ1v) is 17.6. The summed E-state index contributed by atoms with van der Waals surface area (Å²) in [6.07, 6.45) is -0.874. The summed E-state index contributed by atoms with van der Waals surface area (Å²) < 4.78 is 13.5. The highest BCUT2D eigenvalue weighted by Crippen LogP contribution is 2.44. The van der Waals surface area contributed by atoms with Crippen molar-refractivity contribution in [2.75, 3.05) is 5.75 Å². The van der Waals surface area contributed by atoms with Crippen molar-refractivity contribution in [2.45, 2.75) is 46.7 Å². The fraction of sp³-hybridized carbons (Fsp3) is 0.257. The number of carbonyl (C=O) groups excluding carboxylic acids is 1. The Morgan fingerprint density at radius 1 is 0.913 bits per heavy atom. The van der Waals surface area contributed by atoms with E-state index in [4.69, 9.17) is 49.3 Å². The summed E-state index contributed by atoms with van der Waals surface area (Å²) >= 11 is 20.4. The van der Waals surface area contributed by atoms with Crippen LogP contribution in [0.15, 0.2) is 101 Å². The smallest absolute Gasteiger partial charge is 0.272 e. The third-order valence-electron chi connectivity index (χ3n) is 7.92. The van der Waals surface area contributed by atoms with Crippen molar-refractivity contribution < 1.29 is 19.4 Å². The highest BCUT2D eigenvalue weighted by Gasteiger charge is 2.38. The number of amides is 1. The average molecular weight is 714 g/mol. The van der Waals surface area contributed by atoms with Crippen LogP contribution in [0.2, 0.25) is 0 Å². The molecule has 0 spiro atoms. The van der Waals surface area contributed by atoms with Crippen LogP contribution in [0.4, 0.5) is 0 Å². The lowest BCUT2D eigenvalue weighted by atomic mass is 9.91. The van der Waals surface area contributed by atoms with Crippen LogP contribution < -0.4 is 5.32 Å². The fourth-order valence-electron chi connectivity index (χ4n) is 5.35. The number of hydrogen-bond donors (Lipinski definition) is 2. The largest absolute Gasteiger partial charge is 0.392 e. The number of ether oxygens (including phenoxy) is 2. The van der Waals surface area contributed by atoms with Gasteiger partial charge in [-0.05, 0) is 46.0 Å². The summed E-state index contributed by atoms with van der Waals surface area (Å²) in [5, 5.41) is 12.2. The highest BCUT2D eigenvalue weighted by molar-refractivity contribution is 8.01. The normalized spacial score (nSPS) is 20.1. The minimum absolute atomic E-state index is 0.00657. The second-order valence-electron chi connectivity index (χ2n) is 11.1. The van der Waals surface area contributed by atoms with E-state index in [9.17, 15) is 9.90 Å². The van der Waals surface area contributed by atoms with Crippen molar-refractivity contribution in [3.8, 4) is 11.1 Å². The SMILES string of the molecule is C[C@H]1[C@@H](CSc2nc3ccccc3s2)O[C@@H](c2ccc(-c3cccc(CNC(=O)C(Cl)(Cl)Cl)c3)cc2)O[C@H]1c1ccc(CO)cc1. The van der Waals surface area contributed by atoms with Crippen molar-refractivity contribution >= 4 is 74.0 Å². The van der Waals surface area contributed by atoms with Gasteiger partial charge in [0.2, 0.25) is 0 Å². The number of nitrogens with one attached hydrogen (secondary N) is 1. The monoisotopic (exact) mass is 712 g/mol. The number of aliphatic hydroxyl groups is 1. The quantitative estimate of drug-likeness (QED) is 0.117. The number of thioether (sulfide) groups is 1. The molecular weight excluding hydrogens is 683 g/mol. The maximum Gasteiger partial charge on any atom is 0.272 e. The number of aliphatic hydroxyl groups excluding tert-OH is 1. The van der Waals surface area contributed by atoms with Crippen LogP contribution in [-0.2, 0) is 27.4 Å². The molecule has 0 bridgehead atoms. The van der Waals surface area contributed by atoms with Crippen molar-refractivity contribution in [3.63, 3.8) is 0 Å². The van der Waals surface area contributed by atoms with Gasteiger partial charge in [0.1, 0.15) is 0 Å². The Balaban J connectivity index is 1.20. The molecule has 2 N–H and O–H groups in total. The van der Waals surface area contributed by atoms with E-state index in [1.54, 1.807) is 23.1 Å². The predicted molar refractivity (Wildman–Crippen MR) is 187 cm³/mol. The summed E-state index contributed by atoms with van der Waals surface area (Å²) in [6, 6.07) is 32.0. The maximum atomic E-state index is 12.0. The molecule has 0 saturated carbocycles. The molecule has 1 saturated heterocycles. The van der Waals surface area contributed by atoms with Crippen LogP contribution in [0.25, 0.3) is 21.3 Å². The van der Waals surface area contributed by atoms with Gasteiger partial charge in [-0.1, -0.05) is 132 Å². The lowest BCUT2D eigenvalue weighted by Gasteiger charge is -2.41. The summed E-state index contributed by atoms with van der Waals surface area (Å²) in [5.74, 6) is 0.127. The van der Waals surface area contributed by atoms with Crippen molar-refractivity contribution in [1.82, 2.24) is 10.3 Å². The zero-order chi connectivity index (χ0) is 32.3. The van der Waals surface area contributed by atoms with Crippen molar-refractivity contribution in [1.29, 1.82) is 0 Å². The molecular formula is C35H31Cl3N2O4S2. The zero-order valence-electron chi connectivity index (χ0n) is 24.7. The Labute approximate surface area is 291 Å². The first kappa shape index (κ1) is 33.2. The van der Waals surface area contributed by atoms with Gasteiger partial charge in [-0.25, -0.2) is 4.98 Å². The highest BCUT2D eigenvalue weighted by atomic mass is 35.6. The molecule has 5 aromatic rings. The molecule has 1 fully saturated rings. The Bertz CT molecular complexity index is 1760. The number of nitrogens with zero attached hydrogens (tertiary/aromatic N) is 1. The van der Waals surface area contributed by atoms with E-state index in [1.165, 1.54) is 4.70 Å². The summed E-state index contributed by atoms with van der Waals surface area (Å²) in [4.78, 5) is 16.8. The van der Waals surface area contributed by atoms with Gasteiger partial charge in [0.25, 0.3) is 9.70 Å². The van der Waals surface area contributed by atoms with Crippen LogP contribution in [0, 0.1) is 5.92 Å². The van der Waals surface area contributed by atoms with Crippen LogP contribution in [0.1, 0.15) is 41.6 Å². The van der Waals surface area contributed by atoms with Crippen molar-refractivity contribution in [2.24, 2.45) is 5.92 Å². The van der Waals surface area contributed by atoms with Crippen molar-refractivity contribution in [3.05, 3.63) is 119 Å². The molecule has 0 aliphatic carbocycles. The summed E-state index contributed by atoms with van der Waals surface area (Å²) in [6.45, 7) is 2.39. The van der Waals surface area contributed by atoms with Gasteiger partial charge >= 0.3 is 0 Å². The van der Waals surface area contributed by atoms with Gasteiger partial charge in [0.15, 0.2) is 10.6 Å². The van der Waals surface area contributed by atoms with Gasteiger partial charge in [-0.3, -0.25) is 4.79 Å². The molecule has 4 aromatic carbocycles. The van der Waals surface area contributed by atoms with Gasteiger partial charge < -0.3 is 19.9 Å². The Morgan fingerprint density at radius 3 is 2.37 bits per heavy atom. The first-order valence-electron chi connectivity index (χ1n) is 14.7. The first-order chi connectivity index (χ1) is 22.2. The molecule has 238 valence electrons. The lowest BCUT2D eigenvalue weighted by Crippen LogP contribution is -2.38. The fourth-order valence-corrected chi connectivity index (χ4v) is 7.81. The van der Waals surface area contributed by atoms with Gasteiger partial charge in [-0.2, -0.15) is 0 Å². The van der Waals surface area contributed by atoms with Crippen LogP contribution >= 0.6 is 57.9 Å². The number of para-hydroxylation sites is 1. The van der Waals surface area contributed by atoms with E-state index < -0.39 is 16.0 Å². The minimum atomic E-state index is -2.01. The second kappa shape index (κ2) is 14.6. The van der Waals surface area contributed by atoms with E-state index in [0.717, 1.165) is 49.0 Å². The number of benzene rings is 4. The third-order valence-corrected chi connectivity index (χ3v) is 10.7. The molecule has 1 aliphatic heterocycles. The van der Waals surface area contributed by atoms with E-state index in [-0.39, 0.29) is 31.3 Å². The molecule has 46 heavy (non-hydrogen) atoms. The van der Waals surface area contributed by atoms with Gasteiger partial charge in [0.05, 0.1) is 29.0 Å². The van der Waals surface area contributed by atoms with Gasteiger partial charge in [0, 0.05) is 23.8 Å². The molecule has 0 radical (unpaired) electrons. The molecule has 1 aromatic heterocycles. The summed E-state index contributed by atoms with van der Waals surface area (Å²) in [7, 11) is 0. The van der Waals surface area contributed by atoms with E-state index in [1.807, 2.05) is 91.0 Å². The molecule has 6 rings (SSSR count). The van der Waals surface area contributed by atoms with E-state index in [2.05, 4.69) is 18.3 Å². The number of thiazole rings is 1. The number of carbonyl (C=O) groups is 1. The number of aromatic nitrogens is 1. The Hall–Kier alpha value is -2.66. The van der Waals surface area contributed by atoms with E-state index >= 15 is 0 Å². The Morgan fingerprint density at radius 2 is 1.65 bits per heavy atom. The number of hydrogen-bond acceptors (Lipinski definition) is 7. The zero-order valence-corrected chi connectivity index (χ0v) is 28.6. The molecule has 0 unspecified atom stereocenters. The third kappa shape index (κ3) is 7.89. The topological polar surface area (TPSA) is 80.7 Å². The summed E-state index contributed by atoms with van der Waals surface area (Å²) in [5.41, 5.74) is 6.68.